The number of pyridine rings is 1. The van der Waals surface area contributed by atoms with E-state index in [1.165, 1.54) is 7.05 Å². The summed E-state index contributed by atoms with van der Waals surface area (Å²) < 4.78 is 13.3. The average Bonchev–Trinajstić information content (AvgIpc) is 2.87. The molecule has 1 spiro atoms. The van der Waals surface area contributed by atoms with E-state index in [1.54, 1.807) is 16.8 Å². The first-order valence-electron chi connectivity index (χ1n) is 12.6. The topological polar surface area (TPSA) is 114 Å². The van der Waals surface area contributed by atoms with E-state index >= 15 is 0 Å². The van der Waals surface area contributed by atoms with Gasteiger partial charge < -0.3 is 34.5 Å². The van der Waals surface area contributed by atoms with Gasteiger partial charge in [-0.05, 0) is 45.2 Å². The van der Waals surface area contributed by atoms with Gasteiger partial charge in [0.1, 0.15) is 10.6 Å². The van der Waals surface area contributed by atoms with Gasteiger partial charge in [0.05, 0.1) is 24.9 Å². The van der Waals surface area contributed by atoms with Gasteiger partial charge in [0.2, 0.25) is 5.95 Å². The number of halogens is 1. The molecule has 5 rings (SSSR count). The van der Waals surface area contributed by atoms with Crippen molar-refractivity contribution < 1.29 is 14.3 Å². The molecule has 0 saturated carbocycles. The lowest BCUT2D eigenvalue weighted by molar-refractivity contribution is -0.141. The maximum atomic E-state index is 13.1. The van der Waals surface area contributed by atoms with Gasteiger partial charge in [0.25, 0.3) is 11.5 Å². The number of likely N-dealkylation sites (N-methyl/N-ethyl adjacent to an activating group) is 2. The molecule has 2 fully saturated rings. The lowest BCUT2D eigenvalue weighted by Crippen LogP contribution is -2.69. The number of likely N-dealkylation sites (tertiary alicyclic amines) is 1. The maximum Gasteiger partial charge on any atom is 0.293 e. The molecule has 1 aromatic carbocycles. The van der Waals surface area contributed by atoms with Crippen LogP contribution < -0.4 is 25.8 Å². The number of anilines is 3. The van der Waals surface area contributed by atoms with Crippen LogP contribution in [0.4, 0.5) is 17.5 Å². The molecule has 0 unspecified atom stereocenters. The Labute approximate surface area is 225 Å². The van der Waals surface area contributed by atoms with Crippen LogP contribution in [0.25, 0.3) is 10.9 Å². The first-order valence-corrected chi connectivity index (χ1v) is 13.0. The highest BCUT2D eigenvalue weighted by Crippen LogP contribution is 2.32. The number of hydrogen-bond donors (Lipinski definition) is 2. The standard InChI is InChI=1S/C26H32ClN7O4/c1-16(2)34-20-6-5-18(9-17(20)10-21(24(34)36)37-12-22(35)28-3)30-23-19(27)11-29-25(31-23)33-7-8-38-26(15-33)13-32(4)14-26/h5-6,9-11,16H,7-8,12-15H2,1-4H3,(H,28,35)(H,29,30,31). The predicted octanol–water partition coefficient (Wildman–Crippen LogP) is 2.41. The van der Waals surface area contributed by atoms with Gasteiger partial charge in [0.15, 0.2) is 18.2 Å². The van der Waals surface area contributed by atoms with E-state index in [0.717, 1.165) is 36.2 Å². The van der Waals surface area contributed by atoms with Crippen molar-refractivity contribution in [3.05, 3.63) is 45.8 Å². The molecule has 202 valence electrons. The van der Waals surface area contributed by atoms with Gasteiger partial charge in [-0.2, -0.15) is 4.98 Å². The van der Waals surface area contributed by atoms with E-state index in [9.17, 15) is 9.59 Å². The number of morpholine rings is 1. The highest BCUT2D eigenvalue weighted by Gasteiger charge is 2.46. The van der Waals surface area contributed by atoms with Crippen LogP contribution in [-0.2, 0) is 9.53 Å². The van der Waals surface area contributed by atoms with Crippen molar-refractivity contribution >= 4 is 45.9 Å². The first-order chi connectivity index (χ1) is 18.2. The zero-order valence-electron chi connectivity index (χ0n) is 22.0. The number of rotatable bonds is 7. The van der Waals surface area contributed by atoms with Crippen molar-refractivity contribution in [3.63, 3.8) is 0 Å². The van der Waals surface area contributed by atoms with E-state index in [0.29, 0.717) is 29.9 Å². The SMILES string of the molecule is CNC(=O)COc1cc2cc(Nc3nc(N4CCOC5(CN(C)C5)C4)ncc3Cl)ccc2n(C(C)C)c1=O. The van der Waals surface area contributed by atoms with Gasteiger partial charge in [-0.25, -0.2) is 4.98 Å². The smallest absolute Gasteiger partial charge is 0.293 e. The Kier molecular flexibility index (Phi) is 7.17. The summed E-state index contributed by atoms with van der Waals surface area (Å²) in [7, 11) is 3.60. The molecule has 0 radical (unpaired) electrons. The summed E-state index contributed by atoms with van der Waals surface area (Å²) in [4.78, 5) is 38.3. The monoisotopic (exact) mass is 541 g/mol. The number of nitrogens with one attached hydrogen (secondary N) is 2. The molecule has 2 aromatic heterocycles. The van der Waals surface area contributed by atoms with Gasteiger partial charge >= 0.3 is 0 Å². The lowest BCUT2D eigenvalue weighted by Gasteiger charge is -2.52. The fourth-order valence-corrected chi connectivity index (χ4v) is 5.25. The zero-order chi connectivity index (χ0) is 27.0. The second-order valence-corrected chi connectivity index (χ2v) is 10.5. The molecule has 4 heterocycles. The molecule has 0 bridgehead atoms. The number of hydrogen-bond acceptors (Lipinski definition) is 9. The molecule has 2 N–H and O–H groups in total. The van der Waals surface area contributed by atoms with Crippen LogP contribution in [0.15, 0.2) is 35.3 Å². The van der Waals surface area contributed by atoms with E-state index in [-0.39, 0.29) is 35.5 Å². The van der Waals surface area contributed by atoms with E-state index < -0.39 is 0 Å². The molecule has 1 amide bonds. The van der Waals surface area contributed by atoms with Gasteiger partial charge in [-0.1, -0.05) is 11.6 Å². The summed E-state index contributed by atoms with van der Waals surface area (Å²) in [6, 6.07) is 7.18. The van der Waals surface area contributed by atoms with Crippen molar-refractivity contribution in [2.24, 2.45) is 0 Å². The van der Waals surface area contributed by atoms with Crippen LogP contribution in [0.2, 0.25) is 5.02 Å². The summed E-state index contributed by atoms with van der Waals surface area (Å²) >= 11 is 6.47. The third-order valence-electron chi connectivity index (χ3n) is 6.80. The third kappa shape index (κ3) is 5.13. The number of nitrogens with zero attached hydrogens (tertiary/aromatic N) is 5. The average molecular weight is 542 g/mol. The van der Waals surface area contributed by atoms with E-state index in [2.05, 4.69) is 32.5 Å². The van der Waals surface area contributed by atoms with Crippen LogP contribution in [-0.4, -0.2) is 84.4 Å². The predicted molar refractivity (Wildman–Crippen MR) is 147 cm³/mol. The molecule has 2 saturated heterocycles. The number of carbonyl (C=O) groups excluding carboxylic acids is 1. The minimum atomic E-state index is -0.319. The molecule has 2 aliphatic heterocycles. The summed E-state index contributed by atoms with van der Waals surface area (Å²) in [5.74, 6) is 0.863. The van der Waals surface area contributed by atoms with E-state index in [4.69, 9.17) is 26.1 Å². The van der Waals surface area contributed by atoms with Crippen molar-refractivity contribution in [1.29, 1.82) is 0 Å². The second-order valence-electron chi connectivity index (χ2n) is 10.1. The highest BCUT2D eigenvalue weighted by molar-refractivity contribution is 6.32. The van der Waals surface area contributed by atoms with Crippen molar-refractivity contribution in [2.75, 3.05) is 63.7 Å². The molecule has 2 aliphatic rings. The van der Waals surface area contributed by atoms with Crippen molar-refractivity contribution in [3.8, 4) is 5.75 Å². The molecular weight excluding hydrogens is 510 g/mol. The number of amides is 1. The molecule has 0 atom stereocenters. The van der Waals surface area contributed by atoms with Crippen LogP contribution in [0.3, 0.4) is 0 Å². The Bertz CT molecular complexity index is 1420. The minimum absolute atomic E-state index is 0.109. The fourth-order valence-electron chi connectivity index (χ4n) is 5.11. The molecule has 38 heavy (non-hydrogen) atoms. The van der Waals surface area contributed by atoms with Crippen LogP contribution in [0.5, 0.6) is 5.75 Å². The Morgan fingerprint density at radius 2 is 2.05 bits per heavy atom. The molecular formula is C26H32ClN7O4. The summed E-state index contributed by atoms with van der Waals surface area (Å²) in [6.45, 7) is 7.42. The highest BCUT2D eigenvalue weighted by atomic mass is 35.5. The molecule has 12 heteroatoms. The largest absolute Gasteiger partial charge is 0.478 e. The third-order valence-corrected chi connectivity index (χ3v) is 7.08. The number of ether oxygens (including phenoxy) is 2. The normalized spacial score (nSPS) is 17.1. The zero-order valence-corrected chi connectivity index (χ0v) is 22.7. The summed E-state index contributed by atoms with van der Waals surface area (Å²) in [5, 5.41) is 6.95. The number of fused-ring (bicyclic) bond motifs is 1. The van der Waals surface area contributed by atoms with Crippen molar-refractivity contribution in [2.45, 2.75) is 25.5 Å². The molecule has 3 aromatic rings. The number of aromatic nitrogens is 3. The van der Waals surface area contributed by atoms with Crippen LogP contribution in [0.1, 0.15) is 19.9 Å². The van der Waals surface area contributed by atoms with E-state index in [1.807, 2.05) is 32.0 Å². The Balaban J connectivity index is 1.43. The Hall–Kier alpha value is -3.41. The van der Waals surface area contributed by atoms with Crippen molar-refractivity contribution in [1.82, 2.24) is 24.8 Å². The van der Waals surface area contributed by atoms with Crippen LogP contribution >= 0.6 is 11.6 Å². The first kappa shape index (κ1) is 26.2. The minimum Gasteiger partial charge on any atom is -0.478 e. The molecule has 11 nitrogen and oxygen atoms in total. The fraction of sp³-hybridized carbons (Fsp3) is 0.462. The maximum absolute atomic E-state index is 13.1. The van der Waals surface area contributed by atoms with Gasteiger partial charge in [0, 0.05) is 43.8 Å². The number of benzene rings is 1. The molecule has 0 aliphatic carbocycles. The lowest BCUT2D eigenvalue weighted by atomic mass is 9.93. The summed E-state index contributed by atoms with van der Waals surface area (Å²) in [6.07, 6.45) is 1.60. The second kappa shape index (κ2) is 10.4. The summed E-state index contributed by atoms with van der Waals surface area (Å²) in [5.41, 5.74) is 1.02. The van der Waals surface area contributed by atoms with Gasteiger partial charge in [-0.3, -0.25) is 9.59 Å². The Morgan fingerprint density at radius 1 is 1.26 bits per heavy atom. The van der Waals surface area contributed by atoms with Crippen LogP contribution in [0, 0.1) is 0 Å². The Morgan fingerprint density at radius 3 is 2.76 bits per heavy atom. The number of carbonyl (C=O) groups is 1. The van der Waals surface area contributed by atoms with Gasteiger partial charge in [-0.15, -0.1) is 0 Å². The quantitative estimate of drug-likeness (QED) is 0.465.